The topological polar surface area (TPSA) is 159 Å². The van der Waals surface area contributed by atoms with Crippen molar-refractivity contribution < 1.29 is 38.0 Å². The molecular weight excluding hydrogens is 842 g/mol. The minimum atomic E-state index is -4.91. The summed E-state index contributed by atoms with van der Waals surface area (Å²) in [7, 11) is -1.82. The van der Waals surface area contributed by atoms with E-state index in [2.05, 4.69) is 10.3 Å². The Morgan fingerprint density at radius 1 is 0.793 bits per heavy atom. The van der Waals surface area contributed by atoms with Crippen LogP contribution in [0.2, 0.25) is 0 Å². The van der Waals surface area contributed by atoms with Gasteiger partial charge in [-0.15, -0.1) is 23.2 Å². The number of nitrogens with one attached hydrogen (secondary N) is 1. The maximum atomic E-state index is 14.6. The van der Waals surface area contributed by atoms with Gasteiger partial charge in [0.2, 0.25) is 11.8 Å². The molecule has 17 heteroatoms. The summed E-state index contributed by atoms with van der Waals surface area (Å²) in [4.78, 5) is 69.3. The van der Waals surface area contributed by atoms with Crippen LogP contribution in [0.15, 0.2) is 90.1 Å². The Kier molecular flexibility index (Phi) is 10.4. The summed E-state index contributed by atoms with van der Waals surface area (Å²) in [5.41, 5.74) is 1.40. The Labute approximate surface area is 351 Å². The fourth-order valence-corrected chi connectivity index (χ4v) is 12.1. The van der Waals surface area contributed by atoms with E-state index in [4.69, 9.17) is 32.5 Å². The fourth-order valence-electron chi connectivity index (χ4n) is 9.39. The van der Waals surface area contributed by atoms with Gasteiger partial charge < -0.3 is 24.4 Å². The first-order chi connectivity index (χ1) is 27.9. The number of halogens is 2. The highest BCUT2D eigenvalue weighted by Crippen LogP contribution is 2.75. The number of phosphoric acid groups is 1. The van der Waals surface area contributed by atoms with Gasteiger partial charge in [0, 0.05) is 78.1 Å². The Balaban J connectivity index is 0.932. The number of rotatable bonds is 12. The van der Waals surface area contributed by atoms with Gasteiger partial charge >= 0.3 is 13.9 Å². The highest BCUT2D eigenvalue weighted by molar-refractivity contribution is 8.76. The van der Waals surface area contributed by atoms with Gasteiger partial charge in [0.1, 0.15) is 16.5 Å². The van der Waals surface area contributed by atoms with Crippen LogP contribution in [0.4, 0.5) is 16.2 Å². The number of alkyl halides is 2. The molecule has 3 heterocycles. The van der Waals surface area contributed by atoms with Crippen LogP contribution >= 0.6 is 52.6 Å². The molecule has 2 bridgehead atoms. The molecule has 4 aromatic carbocycles. The van der Waals surface area contributed by atoms with Crippen molar-refractivity contribution in [3.05, 3.63) is 96.2 Å². The second-order valence-corrected chi connectivity index (χ2v) is 19.5. The molecule has 1 aromatic heterocycles. The molecule has 2 atom stereocenters. The SMILES string of the molecule is O=C(NCCSSc1ccccn1)Oc1cc2c(c3ccccc13)C(CCl)CN2C(=O)C12CC(C(=O)N3CC(CCl)c4c3cc(OP(=O)(O)O)c3ccccc43)(C1)C2. The molecular formula is C41H37Cl2N4O8PS2. The molecule has 3 aliphatic carbocycles. The quantitative estimate of drug-likeness (QED) is 0.0477. The van der Waals surface area contributed by atoms with Crippen molar-refractivity contribution in [2.24, 2.45) is 10.8 Å². The number of carbonyl (C=O) groups is 3. The lowest BCUT2D eigenvalue weighted by Gasteiger charge is -2.69. The Bertz CT molecular complexity index is 2530. The van der Waals surface area contributed by atoms with Crippen LogP contribution in [0, 0.1) is 10.8 Å². The molecule has 2 aliphatic heterocycles. The van der Waals surface area contributed by atoms with E-state index in [0.717, 1.165) is 26.9 Å². The largest absolute Gasteiger partial charge is 0.524 e. The van der Waals surface area contributed by atoms with E-state index in [1.807, 2.05) is 54.6 Å². The number of anilines is 2. The van der Waals surface area contributed by atoms with Crippen molar-refractivity contribution in [1.82, 2.24) is 10.3 Å². The van der Waals surface area contributed by atoms with Crippen molar-refractivity contribution in [3.8, 4) is 11.5 Å². The highest BCUT2D eigenvalue weighted by Gasteiger charge is 2.76. The van der Waals surface area contributed by atoms with Crippen molar-refractivity contribution in [3.63, 3.8) is 0 Å². The number of fused-ring (bicyclic) bond motifs is 6. The number of hydrogen-bond acceptors (Lipinski definition) is 9. The molecule has 0 saturated heterocycles. The summed E-state index contributed by atoms with van der Waals surface area (Å²) in [6.45, 7) is 1.03. The molecule has 0 radical (unpaired) electrons. The standard InChI is InChI=1S/C41H37Cl2N4O8PS2/c42-17-24-19-46(30-15-32(26-7-1-3-9-28(26)35(24)30)54-39(50)45-13-14-57-58-34-11-5-6-12-44-34)37(48)40-21-41(22-40,23-40)38(49)47-20-25(18-43)36-29-10-4-2-8-27(29)33(16-31(36)47)55-56(51,52)53/h1-12,15-16,24-25H,13-14,17-23H2,(H,45,50)(H2,51,52,53). The maximum Gasteiger partial charge on any atom is 0.524 e. The summed E-state index contributed by atoms with van der Waals surface area (Å²) < 4.78 is 23.0. The lowest BCUT2D eigenvalue weighted by molar-refractivity contribution is -0.204. The van der Waals surface area contributed by atoms with Crippen molar-refractivity contribution in [1.29, 1.82) is 0 Å². The van der Waals surface area contributed by atoms with Crippen molar-refractivity contribution >= 4 is 103 Å². The van der Waals surface area contributed by atoms with Gasteiger partial charge in [-0.25, -0.2) is 14.3 Å². The minimum absolute atomic E-state index is 0.0236. The highest BCUT2D eigenvalue weighted by atomic mass is 35.5. The molecule has 5 aliphatic rings. The first kappa shape index (κ1) is 39.5. The van der Waals surface area contributed by atoms with Gasteiger partial charge in [-0.2, -0.15) is 0 Å². The number of aromatic nitrogens is 1. The molecule has 10 rings (SSSR count). The van der Waals surface area contributed by atoms with Gasteiger partial charge in [0.25, 0.3) is 0 Å². The van der Waals surface area contributed by atoms with Crippen LogP contribution in [-0.4, -0.2) is 69.8 Å². The molecule has 12 nitrogen and oxygen atoms in total. The number of amides is 3. The Morgan fingerprint density at radius 2 is 1.31 bits per heavy atom. The van der Waals surface area contributed by atoms with Crippen LogP contribution in [-0.2, 0) is 14.2 Å². The second-order valence-electron chi connectivity index (χ2n) is 15.3. The number of nitrogens with zero attached hydrogens (tertiary/aromatic N) is 3. The van der Waals surface area contributed by atoms with E-state index in [9.17, 15) is 28.7 Å². The van der Waals surface area contributed by atoms with Gasteiger partial charge in [0.15, 0.2) is 0 Å². The average molecular weight is 880 g/mol. The summed E-state index contributed by atoms with van der Waals surface area (Å²) in [6, 6.07) is 23.7. The zero-order valence-electron chi connectivity index (χ0n) is 30.8. The third kappa shape index (κ3) is 6.80. The third-order valence-electron chi connectivity index (χ3n) is 11.7. The normalized spacial score (nSPS) is 22.9. The smallest absolute Gasteiger partial charge is 0.410 e. The van der Waals surface area contributed by atoms with Crippen LogP contribution < -0.4 is 24.4 Å². The number of ether oxygens (including phenoxy) is 1. The molecule has 300 valence electrons. The monoisotopic (exact) mass is 878 g/mol. The molecule has 3 N–H and O–H groups in total. The Morgan fingerprint density at radius 3 is 1.83 bits per heavy atom. The molecule has 58 heavy (non-hydrogen) atoms. The zero-order chi connectivity index (χ0) is 40.4. The van der Waals surface area contributed by atoms with Crippen LogP contribution in [0.3, 0.4) is 0 Å². The van der Waals surface area contributed by atoms with E-state index >= 15 is 0 Å². The van der Waals surface area contributed by atoms with Crippen molar-refractivity contribution in [2.75, 3.05) is 46.9 Å². The van der Waals surface area contributed by atoms with E-state index < -0.39 is 24.7 Å². The zero-order valence-corrected chi connectivity index (χ0v) is 34.8. The third-order valence-corrected chi connectivity index (χ3v) is 15.2. The average Bonchev–Trinajstić information content (AvgIpc) is 3.75. The lowest BCUT2D eigenvalue weighted by atomic mass is 9.34. The Hall–Kier alpha value is -4.01. The van der Waals surface area contributed by atoms with E-state index in [1.165, 1.54) is 16.9 Å². The summed E-state index contributed by atoms with van der Waals surface area (Å²) in [5.74, 6) is 0.853. The second kappa shape index (κ2) is 15.2. The maximum absolute atomic E-state index is 14.6. The summed E-state index contributed by atoms with van der Waals surface area (Å²) in [5, 5.41) is 6.51. The number of carbonyl (C=O) groups excluding carboxylic acids is 3. The van der Waals surface area contributed by atoms with Crippen LogP contribution in [0.5, 0.6) is 11.5 Å². The molecule has 3 amide bonds. The predicted molar refractivity (Wildman–Crippen MR) is 227 cm³/mol. The number of hydrogen-bond donors (Lipinski definition) is 3. The fraction of sp³-hybridized carbons (Fsp3) is 0.317. The molecule has 2 unspecified atom stereocenters. The van der Waals surface area contributed by atoms with Gasteiger partial charge in [-0.1, -0.05) is 65.4 Å². The first-order valence-corrected chi connectivity index (χ1v) is 23.6. The minimum Gasteiger partial charge on any atom is -0.410 e. The van der Waals surface area contributed by atoms with E-state index in [1.54, 1.807) is 45.0 Å². The number of benzene rings is 4. The molecule has 0 spiro atoms. The number of phosphoric ester groups is 1. The molecule has 3 saturated carbocycles. The van der Waals surface area contributed by atoms with Gasteiger partial charge in [-0.05, 0) is 64.1 Å². The predicted octanol–water partition coefficient (Wildman–Crippen LogP) is 8.60. The van der Waals surface area contributed by atoms with E-state index in [0.29, 0.717) is 72.5 Å². The first-order valence-electron chi connectivity index (χ1n) is 18.7. The molecule has 3 fully saturated rings. The van der Waals surface area contributed by atoms with Crippen LogP contribution in [0.1, 0.15) is 42.2 Å². The number of pyridine rings is 1. The molecule has 5 aromatic rings. The van der Waals surface area contributed by atoms with Gasteiger partial charge in [-0.3, -0.25) is 19.4 Å². The van der Waals surface area contributed by atoms with Crippen molar-refractivity contribution in [2.45, 2.75) is 36.1 Å². The summed E-state index contributed by atoms with van der Waals surface area (Å²) in [6.07, 6.45) is 2.22. The summed E-state index contributed by atoms with van der Waals surface area (Å²) >= 11 is 13.0. The lowest BCUT2D eigenvalue weighted by Crippen LogP contribution is -2.73. The van der Waals surface area contributed by atoms with Crippen LogP contribution in [0.25, 0.3) is 21.5 Å². The van der Waals surface area contributed by atoms with E-state index in [-0.39, 0.29) is 41.2 Å². The van der Waals surface area contributed by atoms with Gasteiger partial charge in [0.05, 0.1) is 22.2 Å².